The van der Waals surface area contributed by atoms with Gasteiger partial charge in [-0.05, 0) is 32.9 Å². The number of anilines is 1. The molecule has 0 saturated carbocycles. The minimum absolute atomic E-state index is 0.0335. The number of nitrogens with zero attached hydrogens (tertiary/aromatic N) is 3. The first-order chi connectivity index (χ1) is 9.31. The normalized spacial score (nSPS) is 21.6. The molecule has 1 aliphatic rings. The van der Waals surface area contributed by atoms with Gasteiger partial charge in [-0.25, -0.2) is 0 Å². The van der Waals surface area contributed by atoms with Gasteiger partial charge in [0.05, 0.1) is 18.2 Å². The van der Waals surface area contributed by atoms with E-state index < -0.39 is 0 Å². The van der Waals surface area contributed by atoms with E-state index >= 15 is 0 Å². The molecule has 2 heterocycles. The van der Waals surface area contributed by atoms with Crippen molar-refractivity contribution < 1.29 is 9.53 Å². The summed E-state index contributed by atoms with van der Waals surface area (Å²) in [5, 5.41) is 0. The molecular formula is C15H23N3O2. The Morgan fingerprint density at radius 2 is 2.20 bits per heavy atom. The fourth-order valence-electron chi connectivity index (χ4n) is 2.29. The third kappa shape index (κ3) is 2.93. The summed E-state index contributed by atoms with van der Waals surface area (Å²) in [6.45, 7) is 7.17. The first-order valence-electron chi connectivity index (χ1n) is 6.88. The van der Waals surface area contributed by atoms with Crippen molar-refractivity contribution in [1.82, 2.24) is 9.88 Å². The van der Waals surface area contributed by atoms with Crippen LogP contribution in [0, 0.1) is 0 Å². The largest absolute Gasteiger partial charge is 0.378 e. The van der Waals surface area contributed by atoms with Crippen molar-refractivity contribution in [1.29, 1.82) is 0 Å². The van der Waals surface area contributed by atoms with Gasteiger partial charge in [0.1, 0.15) is 5.69 Å². The van der Waals surface area contributed by atoms with Crippen LogP contribution in [-0.4, -0.2) is 54.7 Å². The maximum absolute atomic E-state index is 12.7. The van der Waals surface area contributed by atoms with Crippen LogP contribution in [0.3, 0.4) is 0 Å². The van der Waals surface area contributed by atoms with Gasteiger partial charge in [0.15, 0.2) is 0 Å². The van der Waals surface area contributed by atoms with Crippen molar-refractivity contribution in [2.45, 2.75) is 32.4 Å². The maximum atomic E-state index is 12.7. The fraction of sp³-hybridized carbons (Fsp3) is 0.600. The first kappa shape index (κ1) is 14.8. The van der Waals surface area contributed by atoms with Crippen LogP contribution in [-0.2, 0) is 4.74 Å². The molecule has 5 heteroatoms. The molecule has 1 fully saturated rings. The number of ether oxygens (including phenoxy) is 1. The molecule has 0 bridgehead atoms. The molecule has 1 aliphatic heterocycles. The summed E-state index contributed by atoms with van der Waals surface area (Å²) >= 11 is 0. The summed E-state index contributed by atoms with van der Waals surface area (Å²) in [5.41, 5.74) is 1.15. The number of amides is 1. The summed E-state index contributed by atoms with van der Waals surface area (Å²) in [7, 11) is 3.90. The van der Waals surface area contributed by atoms with Crippen molar-refractivity contribution in [2.75, 3.05) is 32.1 Å². The summed E-state index contributed by atoms with van der Waals surface area (Å²) < 4.78 is 5.65. The van der Waals surface area contributed by atoms with E-state index in [1.54, 1.807) is 6.20 Å². The van der Waals surface area contributed by atoms with Crippen molar-refractivity contribution in [3.05, 3.63) is 24.0 Å². The highest BCUT2D eigenvalue weighted by Crippen LogP contribution is 2.24. The summed E-state index contributed by atoms with van der Waals surface area (Å²) in [5.74, 6) is -0.0335. The molecule has 1 aromatic rings. The lowest BCUT2D eigenvalue weighted by molar-refractivity contribution is -0.0757. The Balaban J connectivity index is 2.27. The van der Waals surface area contributed by atoms with E-state index in [-0.39, 0.29) is 17.6 Å². The molecule has 1 aromatic heterocycles. The van der Waals surface area contributed by atoms with E-state index in [0.29, 0.717) is 18.8 Å². The van der Waals surface area contributed by atoms with Gasteiger partial charge >= 0.3 is 0 Å². The summed E-state index contributed by atoms with van der Waals surface area (Å²) in [6, 6.07) is 3.72. The molecule has 110 valence electrons. The van der Waals surface area contributed by atoms with Gasteiger partial charge in [0.25, 0.3) is 5.91 Å². The topological polar surface area (TPSA) is 45.7 Å². The van der Waals surface area contributed by atoms with E-state index in [9.17, 15) is 4.79 Å². The van der Waals surface area contributed by atoms with Gasteiger partial charge in [-0.3, -0.25) is 9.78 Å². The molecule has 0 aliphatic carbocycles. The second-order valence-electron chi connectivity index (χ2n) is 6.14. The third-order valence-electron chi connectivity index (χ3n) is 3.62. The van der Waals surface area contributed by atoms with Gasteiger partial charge in [0, 0.05) is 32.5 Å². The van der Waals surface area contributed by atoms with Crippen LogP contribution in [0.4, 0.5) is 5.69 Å². The SMILES string of the molecule is CC1CN(C(=O)c2cc(N(C)C)ccn2)C(C)(C)CO1. The zero-order valence-corrected chi connectivity index (χ0v) is 12.9. The number of carbonyl (C=O) groups excluding carboxylic acids is 1. The second-order valence-corrected chi connectivity index (χ2v) is 6.14. The van der Waals surface area contributed by atoms with Crippen LogP contribution < -0.4 is 4.90 Å². The van der Waals surface area contributed by atoms with Crippen LogP contribution >= 0.6 is 0 Å². The maximum Gasteiger partial charge on any atom is 0.273 e. The average molecular weight is 277 g/mol. The Morgan fingerprint density at radius 1 is 1.50 bits per heavy atom. The fourth-order valence-corrected chi connectivity index (χ4v) is 2.29. The summed E-state index contributed by atoms with van der Waals surface area (Å²) in [6.07, 6.45) is 1.74. The minimum atomic E-state index is -0.306. The molecular weight excluding hydrogens is 254 g/mol. The average Bonchev–Trinajstić information content (AvgIpc) is 2.41. The molecule has 1 unspecified atom stereocenters. The molecule has 1 saturated heterocycles. The highest BCUT2D eigenvalue weighted by Gasteiger charge is 2.37. The molecule has 0 N–H and O–H groups in total. The Hall–Kier alpha value is -1.62. The van der Waals surface area contributed by atoms with Crippen molar-refractivity contribution >= 4 is 11.6 Å². The van der Waals surface area contributed by atoms with Crippen LogP contribution in [0.2, 0.25) is 0 Å². The summed E-state index contributed by atoms with van der Waals surface area (Å²) in [4.78, 5) is 20.8. The van der Waals surface area contributed by atoms with Crippen LogP contribution in [0.1, 0.15) is 31.3 Å². The van der Waals surface area contributed by atoms with Crippen molar-refractivity contribution in [2.24, 2.45) is 0 Å². The Kier molecular flexibility index (Phi) is 3.99. The quantitative estimate of drug-likeness (QED) is 0.827. The third-order valence-corrected chi connectivity index (χ3v) is 3.62. The zero-order chi connectivity index (χ0) is 14.9. The number of pyridine rings is 1. The molecule has 0 spiro atoms. The van der Waals surface area contributed by atoms with E-state index in [2.05, 4.69) is 4.98 Å². The van der Waals surface area contributed by atoms with Crippen LogP contribution in [0.15, 0.2) is 18.3 Å². The molecule has 1 atom stereocenters. The van der Waals surface area contributed by atoms with Gasteiger partial charge in [0.2, 0.25) is 0 Å². The highest BCUT2D eigenvalue weighted by atomic mass is 16.5. The van der Waals surface area contributed by atoms with Crippen molar-refractivity contribution in [3.63, 3.8) is 0 Å². The van der Waals surface area contributed by atoms with Gasteiger partial charge < -0.3 is 14.5 Å². The van der Waals surface area contributed by atoms with E-state index in [0.717, 1.165) is 5.69 Å². The molecule has 1 amide bonds. The van der Waals surface area contributed by atoms with Gasteiger partial charge in [-0.1, -0.05) is 0 Å². The first-order valence-corrected chi connectivity index (χ1v) is 6.88. The number of rotatable bonds is 2. The lowest BCUT2D eigenvalue weighted by atomic mass is 10.00. The zero-order valence-electron chi connectivity index (χ0n) is 12.9. The number of hydrogen-bond acceptors (Lipinski definition) is 4. The monoisotopic (exact) mass is 277 g/mol. The lowest BCUT2D eigenvalue weighted by Gasteiger charge is -2.44. The molecule has 20 heavy (non-hydrogen) atoms. The Morgan fingerprint density at radius 3 is 2.85 bits per heavy atom. The molecule has 0 aromatic carbocycles. The molecule has 5 nitrogen and oxygen atoms in total. The molecule has 0 radical (unpaired) electrons. The number of hydrogen-bond donors (Lipinski definition) is 0. The lowest BCUT2D eigenvalue weighted by Crippen LogP contribution is -2.57. The van der Waals surface area contributed by atoms with Crippen LogP contribution in [0.5, 0.6) is 0 Å². The number of morpholine rings is 1. The number of carbonyl (C=O) groups is 1. The minimum Gasteiger partial charge on any atom is -0.378 e. The van der Waals surface area contributed by atoms with Crippen molar-refractivity contribution in [3.8, 4) is 0 Å². The Bertz CT molecular complexity index is 500. The van der Waals surface area contributed by atoms with Gasteiger partial charge in [-0.2, -0.15) is 0 Å². The molecule has 2 rings (SSSR count). The van der Waals surface area contributed by atoms with E-state index in [1.165, 1.54) is 0 Å². The van der Waals surface area contributed by atoms with Crippen LogP contribution in [0.25, 0.3) is 0 Å². The Labute approximate surface area is 120 Å². The van der Waals surface area contributed by atoms with Gasteiger partial charge in [-0.15, -0.1) is 0 Å². The smallest absolute Gasteiger partial charge is 0.273 e. The second kappa shape index (κ2) is 5.40. The predicted octanol–water partition coefficient (Wildman–Crippen LogP) is 1.79. The predicted molar refractivity (Wildman–Crippen MR) is 79.1 cm³/mol. The van der Waals surface area contributed by atoms with E-state index in [4.69, 9.17) is 4.74 Å². The number of aromatic nitrogens is 1. The standard InChI is InChI=1S/C15H23N3O2/c1-11-9-18(15(2,3)10-20-11)14(19)13-8-12(17(4)5)6-7-16-13/h6-8,11H,9-10H2,1-5H3. The highest BCUT2D eigenvalue weighted by molar-refractivity contribution is 5.93. The van der Waals surface area contributed by atoms with E-state index in [1.807, 2.05) is 56.8 Å².